The zero-order chi connectivity index (χ0) is 24.9. The van der Waals surface area contributed by atoms with Gasteiger partial charge in [0.1, 0.15) is 5.82 Å². The number of ether oxygens (including phenoxy) is 3. The summed E-state index contributed by atoms with van der Waals surface area (Å²) in [4.78, 5) is 29.5. The highest BCUT2D eigenvalue weighted by Gasteiger charge is 2.23. The van der Waals surface area contributed by atoms with Gasteiger partial charge in [0, 0.05) is 11.5 Å². The van der Waals surface area contributed by atoms with Crippen molar-refractivity contribution in [2.24, 2.45) is 5.10 Å². The van der Waals surface area contributed by atoms with Crippen LogP contribution in [-0.4, -0.2) is 47.3 Å². The summed E-state index contributed by atoms with van der Waals surface area (Å²) < 4.78 is 17.8. The quantitative estimate of drug-likeness (QED) is 0.482. The van der Waals surface area contributed by atoms with Crippen molar-refractivity contribution in [1.29, 1.82) is 0 Å². The van der Waals surface area contributed by atoms with E-state index in [4.69, 9.17) is 19.2 Å². The smallest absolute Gasteiger partial charge is 0.344 e. The first-order valence-corrected chi connectivity index (χ1v) is 11.6. The molecule has 0 aliphatic heterocycles. The number of methoxy groups -OCH3 is 2. The lowest BCUT2D eigenvalue weighted by Crippen LogP contribution is -2.25. The molecule has 1 fully saturated rings. The topological polar surface area (TPSA) is 112 Å². The van der Waals surface area contributed by atoms with Gasteiger partial charge in [-0.15, -0.1) is 0 Å². The fraction of sp³-hybridized carbons (Fsp3) is 0.385. The summed E-state index contributed by atoms with van der Waals surface area (Å²) in [6.45, 7) is 1.42. The van der Waals surface area contributed by atoms with Gasteiger partial charge < -0.3 is 19.3 Å². The molecule has 9 nitrogen and oxygen atoms in total. The number of rotatable bonds is 8. The lowest BCUT2D eigenvalue weighted by atomic mass is 9.88. The fourth-order valence-corrected chi connectivity index (χ4v) is 4.32. The summed E-state index contributed by atoms with van der Waals surface area (Å²) in [6, 6.07) is 10.6. The Kier molecular flexibility index (Phi) is 7.33. The van der Waals surface area contributed by atoms with E-state index in [1.165, 1.54) is 32.2 Å². The number of fused-ring (bicyclic) bond motifs is 1. The SMILES string of the molecule is COc1cc(C=Nn2c(C3CCCCC3)nc3ccccc3c2=O)cc(OC)c1O[C@H](C)C(=O)O. The first-order chi connectivity index (χ1) is 16.9. The first-order valence-electron chi connectivity index (χ1n) is 11.6. The molecule has 9 heteroatoms. The third-order valence-corrected chi connectivity index (χ3v) is 6.20. The molecule has 0 radical (unpaired) electrons. The van der Waals surface area contributed by atoms with Crippen LogP contribution in [0.25, 0.3) is 10.9 Å². The molecule has 0 spiro atoms. The number of hydrogen-bond donors (Lipinski definition) is 1. The Bertz CT molecular complexity index is 1290. The number of carboxylic acid groups (broad SMARTS) is 1. The molecular formula is C26H29N3O6. The second-order valence-corrected chi connectivity index (χ2v) is 8.54. The van der Waals surface area contributed by atoms with Crippen molar-refractivity contribution >= 4 is 23.1 Å². The van der Waals surface area contributed by atoms with Crippen LogP contribution in [0.15, 0.2) is 46.3 Å². The molecule has 1 heterocycles. The van der Waals surface area contributed by atoms with Crippen molar-refractivity contribution in [2.45, 2.75) is 51.0 Å². The molecule has 4 rings (SSSR count). The van der Waals surface area contributed by atoms with Gasteiger partial charge >= 0.3 is 5.97 Å². The lowest BCUT2D eigenvalue weighted by Gasteiger charge is -2.22. The molecule has 1 N–H and O–H groups in total. The lowest BCUT2D eigenvalue weighted by molar-refractivity contribution is -0.144. The van der Waals surface area contributed by atoms with E-state index < -0.39 is 12.1 Å². The van der Waals surface area contributed by atoms with E-state index in [1.54, 1.807) is 24.4 Å². The molecular weight excluding hydrogens is 450 g/mol. The maximum Gasteiger partial charge on any atom is 0.344 e. The molecule has 1 aliphatic rings. The fourth-order valence-electron chi connectivity index (χ4n) is 4.32. The summed E-state index contributed by atoms with van der Waals surface area (Å²) in [6.07, 6.45) is 5.76. The predicted molar refractivity (Wildman–Crippen MR) is 132 cm³/mol. The minimum absolute atomic E-state index is 0.163. The maximum atomic E-state index is 13.4. The van der Waals surface area contributed by atoms with E-state index in [0.29, 0.717) is 22.3 Å². The molecule has 1 aliphatic carbocycles. The molecule has 0 saturated heterocycles. The van der Waals surface area contributed by atoms with E-state index in [2.05, 4.69) is 5.10 Å². The van der Waals surface area contributed by atoms with Crippen molar-refractivity contribution in [2.75, 3.05) is 14.2 Å². The Labute approximate surface area is 203 Å². The highest BCUT2D eigenvalue weighted by Crippen LogP contribution is 2.39. The van der Waals surface area contributed by atoms with Crippen molar-refractivity contribution < 1.29 is 24.1 Å². The molecule has 0 amide bonds. The van der Waals surface area contributed by atoms with Gasteiger partial charge in [0.05, 0.1) is 31.3 Å². The summed E-state index contributed by atoms with van der Waals surface area (Å²) in [5.74, 6) is 0.466. The van der Waals surface area contributed by atoms with Gasteiger partial charge in [0.25, 0.3) is 5.56 Å². The summed E-state index contributed by atoms with van der Waals surface area (Å²) >= 11 is 0. The second kappa shape index (κ2) is 10.6. The Hall–Kier alpha value is -3.88. The van der Waals surface area contributed by atoms with Crippen LogP contribution in [0.2, 0.25) is 0 Å². The number of aliphatic carboxylic acids is 1. The minimum Gasteiger partial charge on any atom is -0.493 e. The summed E-state index contributed by atoms with van der Waals surface area (Å²) in [7, 11) is 2.90. The number of hydrogen-bond acceptors (Lipinski definition) is 7. The van der Waals surface area contributed by atoms with Crippen LogP contribution in [0.1, 0.15) is 56.3 Å². The molecule has 1 atom stereocenters. The van der Waals surface area contributed by atoms with Gasteiger partial charge in [0.15, 0.2) is 17.6 Å². The largest absolute Gasteiger partial charge is 0.493 e. The van der Waals surface area contributed by atoms with Gasteiger partial charge in [-0.2, -0.15) is 9.78 Å². The van der Waals surface area contributed by atoms with Crippen LogP contribution in [0.5, 0.6) is 17.2 Å². The van der Waals surface area contributed by atoms with Gasteiger partial charge in [-0.1, -0.05) is 31.4 Å². The molecule has 1 aromatic heterocycles. The van der Waals surface area contributed by atoms with Crippen molar-refractivity contribution in [1.82, 2.24) is 9.66 Å². The summed E-state index contributed by atoms with van der Waals surface area (Å²) in [5.41, 5.74) is 1.03. The molecule has 35 heavy (non-hydrogen) atoms. The highest BCUT2D eigenvalue weighted by molar-refractivity contribution is 5.83. The van der Waals surface area contributed by atoms with Crippen molar-refractivity contribution in [3.05, 3.63) is 58.1 Å². The van der Waals surface area contributed by atoms with Crippen molar-refractivity contribution in [3.8, 4) is 17.2 Å². The molecule has 0 bridgehead atoms. The molecule has 0 unspecified atom stereocenters. The number of benzene rings is 2. The number of para-hydroxylation sites is 1. The third kappa shape index (κ3) is 5.13. The van der Waals surface area contributed by atoms with Gasteiger partial charge in [-0.25, -0.2) is 9.78 Å². The van der Waals surface area contributed by atoms with Crippen LogP contribution in [0, 0.1) is 0 Å². The Morgan fingerprint density at radius 3 is 2.43 bits per heavy atom. The maximum absolute atomic E-state index is 13.4. The van der Waals surface area contributed by atoms with E-state index in [-0.39, 0.29) is 28.7 Å². The van der Waals surface area contributed by atoms with E-state index in [9.17, 15) is 14.7 Å². The molecule has 184 valence electrons. The van der Waals surface area contributed by atoms with E-state index in [1.807, 2.05) is 18.2 Å². The van der Waals surface area contributed by atoms with Crippen LogP contribution in [0.4, 0.5) is 0 Å². The standard InChI is InChI=1S/C26H29N3O6/c1-16(26(31)32)35-23-21(33-2)13-17(14-22(23)34-3)15-27-29-24(18-9-5-4-6-10-18)28-20-12-8-7-11-19(20)25(29)30/h7-8,11-16,18H,4-6,9-10H2,1-3H3,(H,31,32)/t16-/m1/s1. The predicted octanol–water partition coefficient (Wildman–Crippen LogP) is 4.20. The minimum atomic E-state index is -1.11. The molecule has 1 saturated carbocycles. The second-order valence-electron chi connectivity index (χ2n) is 8.54. The number of carbonyl (C=O) groups is 1. The Morgan fingerprint density at radius 1 is 1.14 bits per heavy atom. The van der Waals surface area contributed by atoms with E-state index >= 15 is 0 Å². The van der Waals surface area contributed by atoms with Gasteiger partial charge in [0.2, 0.25) is 5.75 Å². The van der Waals surface area contributed by atoms with Gasteiger partial charge in [-0.3, -0.25) is 4.79 Å². The number of nitrogens with zero attached hydrogens (tertiary/aromatic N) is 3. The van der Waals surface area contributed by atoms with Crippen LogP contribution in [0.3, 0.4) is 0 Å². The van der Waals surface area contributed by atoms with Gasteiger partial charge in [-0.05, 0) is 44.0 Å². The number of carboxylic acids is 1. The van der Waals surface area contributed by atoms with Crippen LogP contribution < -0.4 is 19.8 Å². The van der Waals surface area contributed by atoms with Crippen LogP contribution in [-0.2, 0) is 4.79 Å². The third-order valence-electron chi connectivity index (χ3n) is 6.20. The average molecular weight is 480 g/mol. The van der Waals surface area contributed by atoms with Crippen molar-refractivity contribution in [3.63, 3.8) is 0 Å². The Morgan fingerprint density at radius 2 is 1.80 bits per heavy atom. The number of aromatic nitrogens is 2. The zero-order valence-corrected chi connectivity index (χ0v) is 20.1. The highest BCUT2D eigenvalue weighted by atomic mass is 16.6. The summed E-state index contributed by atoms with van der Waals surface area (Å²) in [5, 5.41) is 14.3. The normalized spacial score (nSPS) is 15.3. The molecule has 3 aromatic rings. The molecule has 2 aromatic carbocycles. The van der Waals surface area contributed by atoms with Crippen LogP contribution >= 0.6 is 0 Å². The average Bonchev–Trinajstić information content (AvgIpc) is 2.88. The monoisotopic (exact) mass is 479 g/mol. The first kappa shape index (κ1) is 24.3. The zero-order valence-electron chi connectivity index (χ0n) is 20.1. The van der Waals surface area contributed by atoms with E-state index in [0.717, 1.165) is 25.7 Å². The Balaban J connectivity index is 1.78.